The van der Waals surface area contributed by atoms with Gasteiger partial charge in [-0.05, 0) is 24.6 Å². The highest BCUT2D eigenvalue weighted by Crippen LogP contribution is 2.18. The highest BCUT2D eigenvalue weighted by molar-refractivity contribution is 5.28. The number of hydrogen-bond donors (Lipinski definition) is 1. The minimum Gasteiger partial charge on any atom is -0.489 e. The van der Waals surface area contributed by atoms with E-state index in [-0.39, 0.29) is 0 Å². The molecule has 0 aliphatic rings. The third-order valence-corrected chi connectivity index (χ3v) is 2.53. The fraction of sp³-hybridized carbons (Fsp3) is 0.308. The van der Waals surface area contributed by atoms with E-state index in [1.54, 1.807) is 17.8 Å². The number of nitrogens with zero attached hydrogens (tertiary/aromatic N) is 2. The maximum atomic E-state index is 9.37. The van der Waals surface area contributed by atoms with Crippen molar-refractivity contribution in [2.75, 3.05) is 0 Å². The number of aryl methyl sites for hydroxylation is 1. The second-order valence-corrected chi connectivity index (χ2v) is 4.06. The maximum Gasteiger partial charge on any atom is 0.119 e. The van der Waals surface area contributed by atoms with Crippen LogP contribution in [0.3, 0.4) is 0 Å². The maximum absolute atomic E-state index is 9.37. The molecule has 17 heavy (non-hydrogen) atoms. The molecule has 0 spiro atoms. The lowest BCUT2D eigenvalue weighted by molar-refractivity contribution is 0.199. The smallest absolute Gasteiger partial charge is 0.119 e. The molecule has 2 aromatic rings. The summed E-state index contributed by atoms with van der Waals surface area (Å²) in [5, 5.41) is 13.4. The quantitative estimate of drug-likeness (QED) is 0.877. The molecule has 0 fully saturated rings. The second-order valence-electron chi connectivity index (χ2n) is 4.06. The van der Waals surface area contributed by atoms with Gasteiger partial charge in [0.05, 0.1) is 12.3 Å². The highest BCUT2D eigenvalue weighted by Gasteiger charge is 2.01. The van der Waals surface area contributed by atoms with Crippen LogP contribution in [0.5, 0.6) is 5.75 Å². The van der Waals surface area contributed by atoms with Gasteiger partial charge in [-0.3, -0.25) is 4.68 Å². The molecule has 0 radical (unpaired) electrons. The number of hydrogen-bond acceptors (Lipinski definition) is 3. The molecule has 0 saturated heterocycles. The number of benzene rings is 1. The van der Waals surface area contributed by atoms with Crippen LogP contribution in [0.2, 0.25) is 0 Å². The lowest BCUT2D eigenvalue weighted by atomic mass is 10.1. The summed E-state index contributed by atoms with van der Waals surface area (Å²) in [6.45, 7) is 2.24. The van der Waals surface area contributed by atoms with Crippen LogP contribution in [0.4, 0.5) is 0 Å². The van der Waals surface area contributed by atoms with Gasteiger partial charge in [-0.1, -0.05) is 12.1 Å². The Hall–Kier alpha value is -1.81. The first kappa shape index (κ1) is 11.7. The van der Waals surface area contributed by atoms with Crippen LogP contribution in [0.15, 0.2) is 36.7 Å². The summed E-state index contributed by atoms with van der Waals surface area (Å²) in [6, 6.07) is 7.45. The summed E-state index contributed by atoms with van der Waals surface area (Å²) in [7, 11) is 1.88. The molecule has 1 aromatic heterocycles. The Kier molecular flexibility index (Phi) is 3.44. The molecule has 0 unspecified atom stereocenters. The Morgan fingerprint density at radius 3 is 2.59 bits per heavy atom. The van der Waals surface area contributed by atoms with Crippen LogP contribution in [0, 0.1) is 0 Å². The van der Waals surface area contributed by atoms with E-state index in [9.17, 15) is 5.11 Å². The van der Waals surface area contributed by atoms with Crippen molar-refractivity contribution >= 4 is 0 Å². The third-order valence-electron chi connectivity index (χ3n) is 2.53. The van der Waals surface area contributed by atoms with Gasteiger partial charge in [0.1, 0.15) is 12.4 Å². The van der Waals surface area contributed by atoms with Crippen molar-refractivity contribution < 1.29 is 9.84 Å². The lowest BCUT2D eigenvalue weighted by Gasteiger charge is -2.07. The second kappa shape index (κ2) is 5.01. The minimum absolute atomic E-state index is 0.442. The number of aromatic nitrogens is 2. The van der Waals surface area contributed by atoms with Gasteiger partial charge in [-0.25, -0.2) is 0 Å². The summed E-state index contributed by atoms with van der Waals surface area (Å²) < 4.78 is 7.35. The van der Waals surface area contributed by atoms with Crippen molar-refractivity contribution in [3.05, 3.63) is 47.8 Å². The number of rotatable bonds is 4. The van der Waals surface area contributed by atoms with Gasteiger partial charge >= 0.3 is 0 Å². The van der Waals surface area contributed by atoms with E-state index in [0.717, 1.165) is 16.9 Å². The normalized spacial score (nSPS) is 12.4. The van der Waals surface area contributed by atoms with Gasteiger partial charge in [-0.2, -0.15) is 5.10 Å². The molecule has 1 N–H and O–H groups in total. The first-order chi connectivity index (χ1) is 8.15. The number of aliphatic hydroxyl groups is 1. The third kappa shape index (κ3) is 3.07. The van der Waals surface area contributed by atoms with Gasteiger partial charge in [-0.15, -0.1) is 0 Å². The zero-order valence-corrected chi connectivity index (χ0v) is 10.00. The topological polar surface area (TPSA) is 47.3 Å². The molecule has 0 bridgehead atoms. The Bertz CT molecular complexity index is 474. The van der Waals surface area contributed by atoms with Gasteiger partial charge in [0, 0.05) is 18.8 Å². The van der Waals surface area contributed by atoms with Crippen LogP contribution in [-0.4, -0.2) is 14.9 Å². The fourth-order valence-electron chi connectivity index (χ4n) is 1.56. The van der Waals surface area contributed by atoms with Gasteiger partial charge in [0.15, 0.2) is 0 Å². The van der Waals surface area contributed by atoms with E-state index in [1.807, 2.05) is 37.5 Å². The van der Waals surface area contributed by atoms with Crippen molar-refractivity contribution in [1.82, 2.24) is 9.78 Å². The average molecular weight is 232 g/mol. The van der Waals surface area contributed by atoms with Crippen LogP contribution in [0.25, 0.3) is 0 Å². The fourth-order valence-corrected chi connectivity index (χ4v) is 1.56. The molecule has 0 aliphatic carbocycles. The lowest BCUT2D eigenvalue weighted by Crippen LogP contribution is -1.95. The summed E-state index contributed by atoms with van der Waals surface area (Å²) in [4.78, 5) is 0. The molecule has 1 heterocycles. The average Bonchev–Trinajstić information content (AvgIpc) is 2.73. The van der Waals surface area contributed by atoms with Crippen LogP contribution in [-0.2, 0) is 13.7 Å². The van der Waals surface area contributed by atoms with Crippen molar-refractivity contribution in [2.45, 2.75) is 19.6 Å². The van der Waals surface area contributed by atoms with E-state index in [4.69, 9.17) is 4.74 Å². The molecule has 0 aliphatic heterocycles. The molecule has 90 valence electrons. The predicted octanol–water partition coefficient (Wildman–Crippen LogP) is 2.05. The van der Waals surface area contributed by atoms with E-state index >= 15 is 0 Å². The largest absolute Gasteiger partial charge is 0.489 e. The summed E-state index contributed by atoms with van der Waals surface area (Å²) >= 11 is 0. The minimum atomic E-state index is -0.442. The molecular formula is C13H16N2O2. The first-order valence-corrected chi connectivity index (χ1v) is 5.53. The number of ether oxygens (including phenoxy) is 1. The molecule has 2 rings (SSSR count). The standard InChI is InChI=1S/C13H16N2O2/c1-10(16)12-3-5-13(6-4-12)17-9-11-7-14-15(2)8-11/h3-8,10,16H,9H2,1-2H3/t10-/m1/s1. The molecular weight excluding hydrogens is 216 g/mol. The Morgan fingerprint density at radius 2 is 2.06 bits per heavy atom. The SMILES string of the molecule is C[C@@H](O)c1ccc(OCc2cnn(C)c2)cc1. The Morgan fingerprint density at radius 1 is 1.35 bits per heavy atom. The van der Waals surface area contributed by atoms with Crippen LogP contribution in [0.1, 0.15) is 24.2 Å². The molecule has 4 heteroatoms. The van der Waals surface area contributed by atoms with Crippen molar-refractivity contribution in [3.8, 4) is 5.75 Å². The number of aliphatic hydroxyl groups excluding tert-OH is 1. The molecule has 4 nitrogen and oxygen atoms in total. The van der Waals surface area contributed by atoms with Crippen LogP contribution >= 0.6 is 0 Å². The predicted molar refractivity (Wildman–Crippen MR) is 64.6 cm³/mol. The van der Waals surface area contributed by atoms with E-state index in [1.165, 1.54) is 0 Å². The molecule has 1 aromatic carbocycles. The van der Waals surface area contributed by atoms with Crippen molar-refractivity contribution in [3.63, 3.8) is 0 Å². The highest BCUT2D eigenvalue weighted by atomic mass is 16.5. The van der Waals surface area contributed by atoms with E-state index in [2.05, 4.69) is 5.10 Å². The Labute approximate surface area is 100 Å². The summed E-state index contributed by atoms with van der Waals surface area (Å²) in [5.74, 6) is 0.790. The van der Waals surface area contributed by atoms with Gasteiger partial charge < -0.3 is 9.84 Å². The first-order valence-electron chi connectivity index (χ1n) is 5.53. The summed E-state index contributed by atoms with van der Waals surface area (Å²) in [5.41, 5.74) is 1.92. The Balaban J connectivity index is 1.95. The van der Waals surface area contributed by atoms with Gasteiger partial charge in [0.2, 0.25) is 0 Å². The van der Waals surface area contributed by atoms with Gasteiger partial charge in [0.25, 0.3) is 0 Å². The van der Waals surface area contributed by atoms with E-state index < -0.39 is 6.10 Å². The zero-order valence-electron chi connectivity index (χ0n) is 10.00. The summed E-state index contributed by atoms with van der Waals surface area (Å²) in [6.07, 6.45) is 3.26. The van der Waals surface area contributed by atoms with Crippen molar-refractivity contribution in [1.29, 1.82) is 0 Å². The monoisotopic (exact) mass is 232 g/mol. The van der Waals surface area contributed by atoms with E-state index in [0.29, 0.717) is 6.61 Å². The zero-order chi connectivity index (χ0) is 12.3. The molecule has 0 amide bonds. The van der Waals surface area contributed by atoms with Crippen molar-refractivity contribution in [2.24, 2.45) is 7.05 Å². The molecule has 0 saturated carbocycles. The molecule has 1 atom stereocenters. The van der Waals surface area contributed by atoms with Crippen LogP contribution < -0.4 is 4.74 Å².